The first-order valence-corrected chi connectivity index (χ1v) is 13.4. The molecule has 0 aliphatic carbocycles. The van der Waals surface area contributed by atoms with Crippen LogP contribution in [0, 0.1) is 5.41 Å². The van der Waals surface area contributed by atoms with Crippen LogP contribution in [0.5, 0.6) is 5.75 Å². The highest BCUT2D eigenvalue weighted by molar-refractivity contribution is 7.88. The Kier molecular flexibility index (Phi) is 11.5. The summed E-state index contributed by atoms with van der Waals surface area (Å²) in [5, 5.41) is 10.4. The average Bonchev–Trinajstić information content (AvgIpc) is 2.84. The third-order valence-electron chi connectivity index (χ3n) is 4.79. The maximum atomic E-state index is 12.8. The van der Waals surface area contributed by atoms with Gasteiger partial charge in [0.2, 0.25) is 10.0 Å². The molecule has 5 N–H and O–H groups in total. The van der Waals surface area contributed by atoms with Gasteiger partial charge in [-0.05, 0) is 43.7 Å². The molecule has 0 saturated carbocycles. The minimum atomic E-state index is -3.92. The first-order chi connectivity index (χ1) is 17.9. The fourth-order valence-electron chi connectivity index (χ4n) is 3.14. The van der Waals surface area contributed by atoms with E-state index < -0.39 is 40.2 Å². The van der Waals surface area contributed by atoms with Crippen molar-refractivity contribution in [3.63, 3.8) is 0 Å². The number of hydrogen-bond acceptors (Lipinski definition) is 9. The van der Waals surface area contributed by atoms with Crippen LogP contribution in [0.4, 0.5) is 0 Å². The maximum Gasteiger partial charge on any atom is 0.344 e. The lowest BCUT2D eigenvalue weighted by atomic mass is 10.1. The van der Waals surface area contributed by atoms with Crippen molar-refractivity contribution in [3.8, 4) is 5.75 Å². The number of esters is 2. The standard InChI is InChI=1S/C24H29ClN4O8S/c1-3-35-21(30)12-29-38(33,34)14-15-7-18(9-19(25)8-15)24(32)28-11-17-6-5-16(23(26)27)10-20(17)37-13-22(31)36-4-2/h5-10,29H,3-4,11-14H2,1-2H3,(H3,26,27)(H,28,32). The zero-order chi connectivity index (χ0) is 28.3. The summed E-state index contributed by atoms with van der Waals surface area (Å²) in [5.74, 6) is -2.38. The van der Waals surface area contributed by atoms with E-state index >= 15 is 0 Å². The molecule has 2 aromatic carbocycles. The van der Waals surface area contributed by atoms with E-state index in [2.05, 4.69) is 10.0 Å². The number of ether oxygens (including phenoxy) is 3. The molecule has 0 unspecified atom stereocenters. The molecule has 0 aliphatic heterocycles. The van der Waals surface area contributed by atoms with Crippen LogP contribution in [-0.2, 0) is 41.4 Å². The minimum absolute atomic E-state index is 0.0313. The van der Waals surface area contributed by atoms with Crippen LogP contribution < -0.4 is 20.5 Å². The number of benzene rings is 2. The van der Waals surface area contributed by atoms with Crippen LogP contribution in [0.2, 0.25) is 5.02 Å². The second kappa shape index (κ2) is 14.3. The highest BCUT2D eigenvalue weighted by atomic mass is 35.5. The smallest absolute Gasteiger partial charge is 0.344 e. The van der Waals surface area contributed by atoms with E-state index in [1.54, 1.807) is 26.0 Å². The number of nitrogens with two attached hydrogens (primary N) is 1. The molecule has 2 rings (SSSR count). The number of sulfonamides is 1. The molecular weight excluding hydrogens is 540 g/mol. The van der Waals surface area contributed by atoms with Gasteiger partial charge in [0, 0.05) is 28.3 Å². The Morgan fingerprint density at radius 1 is 1.00 bits per heavy atom. The quantitative estimate of drug-likeness (QED) is 0.149. The molecule has 1 amide bonds. The largest absolute Gasteiger partial charge is 0.482 e. The predicted molar refractivity (Wildman–Crippen MR) is 139 cm³/mol. The van der Waals surface area contributed by atoms with Crippen molar-refractivity contribution in [2.24, 2.45) is 5.73 Å². The molecule has 12 nitrogen and oxygen atoms in total. The molecule has 0 bridgehead atoms. The van der Waals surface area contributed by atoms with E-state index in [9.17, 15) is 22.8 Å². The molecule has 0 aromatic heterocycles. The molecule has 2 aromatic rings. The normalized spacial score (nSPS) is 10.9. The predicted octanol–water partition coefficient (Wildman–Crippen LogP) is 1.48. The van der Waals surface area contributed by atoms with E-state index in [1.807, 2.05) is 0 Å². The Morgan fingerprint density at radius 3 is 2.34 bits per heavy atom. The molecule has 0 fully saturated rings. The number of carbonyl (C=O) groups excluding carboxylic acids is 3. The van der Waals surface area contributed by atoms with Gasteiger partial charge in [-0.2, -0.15) is 0 Å². The molecule has 38 heavy (non-hydrogen) atoms. The fraction of sp³-hybridized carbons (Fsp3) is 0.333. The molecule has 0 atom stereocenters. The van der Waals surface area contributed by atoms with E-state index in [0.717, 1.165) is 0 Å². The van der Waals surface area contributed by atoms with Gasteiger partial charge in [0.15, 0.2) is 6.61 Å². The van der Waals surface area contributed by atoms with E-state index in [4.69, 9.17) is 37.0 Å². The van der Waals surface area contributed by atoms with Gasteiger partial charge in [0.1, 0.15) is 18.1 Å². The van der Waals surface area contributed by atoms with Gasteiger partial charge in [0.25, 0.3) is 5.91 Å². The zero-order valence-corrected chi connectivity index (χ0v) is 22.4. The van der Waals surface area contributed by atoms with Crippen molar-refractivity contribution < 1.29 is 37.0 Å². The topological polar surface area (TPSA) is 187 Å². The number of amides is 1. The Labute approximate surface area is 225 Å². The van der Waals surface area contributed by atoms with Crippen molar-refractivity contribution in [1.82, 2.24) is 10.0 Å². The van der Waals surface area contributed by atoms with Gasteiger partial charge >= 0.3 is 11.9 Å². The zero-order valence-electron chi connectivity index (χ0n) is 20.8. The minimum Gasteiger partial charge on any atom is -0.482 e. The number of halogens is 1. The number of nitrogens with one attached hydrogen (secondary N) is 3. The van der Waals surface area contributed by atoms with Crippen molar-refractivity contribution >= 4 is 45.3 Å². The van der Waals surface area contributed by atoms with Crippen molar-refractivity contribution in [1.29, 1.82) is 5.41 Å². The summed E-state index contributed by atoms with van der Waals surface area (Å²) in [4.78, 5) is 36.0. The lowest BCUT2D eigenvalue weighted by molar-refractivity contribution is -0.145. The summed E-state index contributed by atoms with van der Waals surface area (Å²) in [7, 11) is -3.92. The molecule has 0 spiro atoms. The molecule has 0 saturated heterocycles. The number of amidine groups is 1. The van der Waals surface area contributed by atoms with Crippen LogP contribution in [-0.4, -0.2) is 58.5 Å². The maximum absolute atomic E-state index is 12.8. The lowest BCUT2D eigenvalue weighted by Gasteiger charge is -2.14. The monoisotopic (exact) mass is 568 g/mol. The molecule has 0 heterocycles. The summed E-state index contributed by atoms with van der Waals surface area (Å²) < 4.78 is 41.9. The van der Waals surface area contributed by atoms with Crippen LogP contribution in [0.25, 0.3) is 0 Å². The van der Waals surface area contributed by atoms with Crippen LogP contribution in [0.15, 0.2) is 36.4 Å². The number of carbonyl (C=O) groups is 3. The average molecular weight is 569 g/mol. The van der Waals surface area contributed by atoms with Gasteiger partial charge in [-0.25, -0.2) is 17.9 Å². The summed E-state index contributed by atoms with van der Waals surface area (Å²) in [6, 6.07) is 8.74. The third-order valence-corrected chi connectivity index (χ3v) is 6.30. The Bertz CT molecular complexity index is 1300. The van der Waals surface area contributed by atoms with E-state index in [-0.39, 0.29) is 54.1 Å². The van der Waals surface area contributed by atoms with E-state index in [0.29, 0.717) is 11.1 Å². The second-order valence-corrected chi connectivity index (χ2v) is 9.99. The second-order valence-electron chi connectivity index (χ2n) is 7.75. The molecule has 0 aliphatic rings. The Hall–Kier alpha value is -3.68. The first kappa shape index (κ1) is 30.5. The van der Waals surface area contributed by atoms with Crippen molar-refractivity contribution in [2.75, 3.05) is 26.4 Å². The summed E-state index contributed by atoms with van der Waals surface area (Å²) in [6.45, 7) is 2.63. The summed E-state index contributed by atoms with van der Waals surface area (Å²) >= 11 is 6.11. The SMILES string of the molecule is CCOC(=O)CNS(=O)(=O)Cc1cc(Cl)cc(C(=O)NCc2ccc(C(=N)N)cc2OCC(=O)OCC)c1. The highest BCUT2D eigenvalue weighted by Gasteiger charge is 2.17. The van der Waals surface area contributed by atoms with Crippen LogP contribution in [0.3, 0.4) is 0 Å². The Morgan fingerprint density at radius 2 is 1.68 bits per heavy atom. The molecule has 14 heteroatoms. The Balaban J connectivity index is 2.14. The molecular formula is C24H29ClN4O8S. The van der Waals surface area contributed by atoms with Gasteiger partial charge in [-0.3, -0.25) is 15.0 Å². The van der Waals surface area contributed by atoms with Crippen molar-refractivity contribution in [3.05, 3.63) is 63.7 Å². The van der Waals surface area contributed by atoms with Gasteiger partial charge < -0.3 is 25.3 Å². The molecule has 0 radical (unpaired) electrons. The third kappa shape index (κ3) is 10.00. The highest BCUT2D eigenvalue weighted by Crippen LogP contribution is 2.22. The number of rotatable bonds is 14. The fourth-order valence-corrected chi connectivity index (χ4v) is 4.44. The molecule has 206 valence electrons. The summed E-state index contributed by atoms with van der Waals surface area (Å²) in [5.41, 5.74) is 6.71. The van der Waals surface area contributed by atoms with Crippen LogP contribution >= 0.6 is 11.6 Å². The van der Waals surface area contributed by atoms with Gasteiger partial charge in [-0.15, -0.1) is 0 Å². The van der Waals surface area contributed by atoms with Gasteiger partial charge in [0.05, 0.1) is 19.0 Å². The lowest BCUT2D eigenvalue weighted by Crippen LogP contribution is -2.31. The number of hydrogen-bond donors (Lipinski definition) is 4. The van der Waals surface area contributed by atoms with E-state index in [1.165, 1.54) is 24.3 Å². The number of nitrogen functional groups attached to an aromatic ring is 1. The van der Waals surface area contributed by atoms with Crippen LogP contribution in [0.1, 0.15) is 40.9 Å². The first-order valence-electron chi connectivity index (χ1n) is 11.4. The van der Waals surface area contributed by atoms with Gasteiger partial charge in [-0.1, -0.05) is 23.7 Å². The van der Waals surface area contributed by atoms with Crippen molar-refractivity contribution in [2.45, 2.75) is 26.1 Å². The summed E-state index contributed by atoms with van der Waals surface area (Å²) in [6.07, 6.45) is 0.